The van der Waals surface area contributed by atoms with E-state index in [1.165, 1.54) is 6.07 Å². The zero-order chi connectivity index (χ0) is 11.4. The Morgan fingerprint density at radius 3 is 2.44 bits per heavy atom. The second kappa shape index (κ2) is 4.59. The minimum atomic E-state index is -0.448. The molecule has 0 aliphatic rings. The summed E-state index contributed by atoms with van der Waals surface area (Å²) in [5.74, 6) is -0.448. The highest BCUT2D eigenvalue weighted by atomic mass is 19.1. The first-order valence-electron chi connectivity index (χ1n) is 5.02. The summed E-state index contributed by atoms with van der Waals surface area (Å²) in [6.45, 7) is 0. The van der Waals surface area contributed by atoms with Crippen LogP contribution in [0.15, 0.2) is 48.5 Å². The molecule has 0 amide bonds. The molecule has 0 spiro atoms. The van der Waals surface area contributed by atoms with Crippen LogP contribution in [0, 0.1) is 17.1 Å². The Balaban J connectivity index is 2.36. The van der Waals surface area contributed by atoms with Crippen molar-refractivity contribution in [3.8, 4) is 6.07 Å². The van der Waals surface area contributed by atoms with Crippen LogP contribution in [0.5, 0.6) is 0 Å². The third-order valence-corrected chi connectivity index (χ3v) is 2.45. The van der Waals surface area contributed by atoms with Gasteiger partial charge < -0.3 is 0 Å². The van der Waals surface area contributed by atoms with Gasteiger partial charge in [-0.3, -0.25) is 0 Å². The normalized spacial score (nSPS) is 9.75. The molecule has 0 radical (unpaired) electrons. The molecule has 0 N–H and O–H groups in total. The summed E-state index contributed by atoms with van der Waals surface area (Å²) in [6, 6.07) is 16.4. The van der Waals surface area contributed by atoms with Gasteiger partial charge in [0.1, 0.15) is 11.9 Å². The standard InChI is InChI=1S/C14H10FN/c15-14-8-4-7-12(13(14)10-16)9-11-5-2-1-3-6-11/h1-8H,9H2. The van der Waals surface area contributed by atoms with Crippen LogP contribution in [0.1, 0.15) is 16.7 Å². The second-order valence-electron chi connectivity index (χ2n) is 3.55. The molecule has 0 heterocycles. The lowest BCUT2D eigenvalue weighted by Crippen LogP contribution is -1.95. The minimum absolute atomic E-state index is 0.145. The molecule has 0 saturated heterocycles. The van der Waals surface area contributed by atoms with Crippen molar-refractivity contribution in [2.45, 2.75) is 6.42 Å². The van der Waals surface area contributed by atoms with Crippen LogP contribution in [0.25, 0.3) is 0 Å². The number of hydrogen-bond acceptors (Lipinski definition) is 1. The van der Waals surface area contributed by atoms with E-state index < -0.39 is 5.82 Å². The Morgan fingerprint density at radius 1 is 1.00 bits per heavy atom. The molecule has 0 aliphatic carbocycles. The van der Waals surface area contributed by atoms with Crippen molar-refractivity contribution >= 4 is 0 Å². The molecule has 2 rings (SSSR count). The number of nitriles is 1. The zero-order valence-corrected chi connectivity index (χ0v) is 8.65. The molecule has 0 bridgehead atoms. The van der Waals surface area contributed by atoms with Gasteiger partial charge in [0, 0.05) is 0 Å². The quantitative estimate of drug-likeness (QED) is 0.747. The molecular weight excluding hydrogens is 201 g/mol. The topological polar surface area (TPSA) is 23.8 Å². The van der Waals surface area contributed by atoms with E-state index >= 15 is 0 Å². The molecule has 2 aromatic rings. The fourth-order valence-corrected chi connectivity index (χ4v) is 1.66. The van der Waals surface area contributed by atoms with Crippen molar-refractivity contribution in [1.82, 2.24) is 0 Å². The predicted octanol–water partition coefficient (Wildman–Crippen LogP) is 3.29. The van der Waals surface area contributed by atoms with Crippen LogP contribution < -0.4 is 0 Å². The first-order chi connectivity index (χ1) is 7.81. The summed E-state index contributed by atoms with van der Waals surface area (Å²) in [5.41, 5.74) is 1.95. The summed E-state index contributed by atoms with van der Waals surface area (Å²) < 4.78 is 13.3. The lowest BCUT2D eigenvalue weighted by Gasteiger charge is -2.04. The Morgan fingerprint density at radius 2 is 1.75 bits per heavy atom. The van der Waals surface area contributed by atoms with Gasteiger partial charge in [-0.2, -0.15) is 5.26 Å². The molecule has 0 unspecified atom stereocenters. The maximum atomic E-state index is 13.3. The number of rotatable bonds is 2. The van der Waals surface area contributed by atoms with Gasteiger partial charge in [-0.25, -0.2) is 4.39 Å². The molecule has 0 aromatic heterocycles. The first kappa shape index (κ1) is 10.4. The lowest BCUT2D eigenvalue weighted by molar-refractivity contribution is 0.622. The first-order valence-corrected chi connectivity index (χ1v) is 5.02. The van der Waals surface area contributed by atoms with E-state index in [0.29, 0.717) is 6.42 Å². The van der Waals surface area contributed by atoms with Gasteiger partial charge in [-0.05, 0) is 23.6 Å². The van der Waals surface area contributed by atoms with E-state index in [1.54, 1.807) is 12.1 Å². The van der Waals surface area contributed by atoms with Crippen LogP contribution in [0.4, 0.5) is 4.39 Å². The number of benzene rings is 2. The van der Waals surface area contributed by atoms with Crippen LogP contribution in [-0.4, -0.2) is 0 Å². The van der Waals surface area contributed by atoms with Gasteiger partial charge in [-0.15, -0.1) is 0 Å². The Labute approximate surface area is 93.8 Å². The van der Waals surface area contributed by atoms with E-state index in [1.807, 2.05) is 36.4 Å². The highest BCUT2D eigenvalue weighted by Crippen LogP contribution is 2.16. The second-order valence-corrected chi connectivity index (χ2v) is 3.55. The Kier molecular flexibility index (Phi) is 2.98. The van der Waals surface area contributed by atoms with Gasteiger partial charge in [-0.1, -0.05) is 42.5 Å². The molecule has 1 nitrogen and oxygen atoms in total. The SMILES string of the molecule is N#Cc1c(F)cccc1Cc1ccccc1. The molecule has 2 heteroatoms. The van der Waals surface area contributed by atoms with E-state index in [2.05, 4.69) is 0 Å². The largest absolute Gasteiger partial charge is 0.206 e. The van der Waals surface area contributed by atoms with Crippen molar-refractivity contribution in [1.29, 1.82) is 5.26 Å². The molecule has 0 saturated carbocycles. The maximum absolute atomic E-state index is 13.3. The third kappa shape index (κ3) is 2.09. The predicted molar refractivity (Wildman–Crippen MR) is 60.4 cm³/mol. The molecule has 16 heavy (non-hydrogen) atoms. The van der Waals surface area contributed by atoms with Crippen LogP contribution >= 0.6 is 0 Å². The fraction of sp³-hybridized carbons (Fsp3) is 0.0714. The average molecular weight is 211 g/mol. The summed E-state index contributed by atoms with van der Waals surface area (Å²) >= 11 is 0. The van der Waals surface area contributed by atoms with Crippen LogP contribution in [0.2, 0.25) is 0 Å². The molecular formula is C14H10FN. The minimum Gasteiger partial charge on any atom is -0.206 e. The van der Waals surface area contributed by atoms with Crippen molar-refractivity contribution in [2.24, 2.45) is 0 Å². The highest BCUT2D eigenvalue weighted by molar-refractivity contribution is 5.41. The third-order valence-electron chi connectivity index (χ3n) is 2.45. The van der Waals surface area contributed by atoms with E-state index in [9.17, 15) is 4.39 Å². The van der Waals surface area contributed by atoms with Crippen molar-refractivity contribution < 1.29 is 4.39 Å². The molecule has 0 atom stereocenters. The van der Waals surface area contributed by atoms with Crippen LogP contribution in [0.3, 0.4) is 0 Å². The number of nitrogens with zero attached hydrogens (tertiary/aromatic N) is 1. The number of halogens is 1. The highest BCUT2D eigenvalue weighted by Gasteiger charge is 2.07. The molecule has 2 aromatic carbocycles. The zero-order valence-electron chi connectivity index (χ0n) is 8.65. The van der Waals surface area contributed by atoms with E-state index in [0.717, 1.165) is 11.1 Å². The Hall–Kier alpha value is -2.14. The van der Waals surface area contributed by atoms with E-state index in [-0.39, 0.29) is 5.56 Å². The monoisotopic (exact) mass is 211 g/mol. The fourth-order valence-electron chi connectivity index (χ4n) is 1.66. The summed E-state index contributed by atoms with van der Waals surface area (Å²) in [5, 5.41) is 8.89. The van der Waals surface area contributed by atoms with Crippen molar-refractivity contribution in [3.63, 3.8) is 0 Å². The molecule has 0 aliphatic heterocycles. The lowest BCUT2D eigenvalue weighted by atomic mass is 10.0. The number of hydrogen-bond donors (Lipinski definition) is 0. The molecule has 78 valence electrons. The average Bonchev–Trinajstić information content (AvgIpc) is 2.31. The maximum Gasteiger partial charge on any atom is 0.141 e. The molecule has 0 fully saturated rings. The smallest absolute Gasteiger partial charge is 0.141 e. The summed E-state index contributed by atoms with van der Waals surface area (Å²) in [4.78, 5) is 0. The van der Waals surface area contributed by atoms with Gasteiger partial charge in [0.05, 0.1) is 5.56 Å². The van der Waals surface area contributed by atoms with Gasteiger partial charge in [0.15, 0.2) is 0 Å². The van der Waals surface area contributed by atoms with Crippen molar-refractivity contribution in [3.05, 3.63) is 71.0 Å². The van der Waals surface area contributed by atoms with Gasteiger partial charge in [0.25, 0.3) is 0 Å². The van der Waals surface area contributed by atoms with Gasteiger partial charge in [0.2, 0.25) is 0 Å². The van der Waals surface area contributed by atoms with Crippen molar-refractivity contribution in [2.75, 3.05) is 0 Å². The summed E-state index contributed by atoms with van der Waals surface area (Å²) in [7, 11) is 0. The Bertz CT molecular complexity index is 526. The van der Waals surface area contributed by atoms with Gasteiger partial charge >= 0.3 is 0 Å². The van der Waals surface area contributed by atoms with E-state index in [4.69, 9.17) is 5.26 Å². The van der Waals surface area contributed by atoms with Crippen LogP contribution in [-0.2, 0) is 6.42 Å². The summed E-state index contributed by atoms with van der Waals surface area (Å²) in [6.07, 6.45) is 0.585.